The molecule has 1 amide bonds. The number of methoxy groups -OCH3 is 1. The van der Waals surface area contributed by atoms with Gasteiger partial charge in [0.1, 0.15) is 10.6 Å². The molecule has 0 heterocycles. The summed E-state index contributed by atoms with van der Waals surface area (Å²) in [6, 6.07) is 19.4. The van der Waals surface area contributed by atoms with Crippen LogP contribution >= 0.6 is 0 Å². The Morgan fingerprint density at radius 1 is 0.971 bits per heavy atom. The summed E-state index contributed by atoms with van der Waals surface area (Å²) in [6.45, 7) is 1.37. The van der Waals surface area contributed by atoms with Crippen molar-refractivity contribution in [1.82, 2.24) is 4.31 Å². The van der Waals surface area contributed by atoms with Crippen molar-refractivity contribution in [2.75, 3.05) is 25.5 Å². The highest BCUT2D eigenvalue weighted by atomic mass is 32.2. The lowest BCUT2D eigenvalue weighted by atomic mass is 10.1. The van der Waals surface area contributed by atoms with Crippen LogP contribution in [0, 0.1) is 6.92 Å². The van der Waals surface area contributed by atoms with E-state index in [1.165, 1.54) is 37.4 Å². The highest BCUT2D eigenvalue weighted by Gasteiger charge is 2.29. The van der Waals surface area contributed by atoms with Gasteiger partial charge in [0.05, 0.1) is 18.6 Å². The number of benzene rings is 3. The molecule has 0 aliphatic heterocycles. The topological polar surface area (TPSA) is 136 Å². The second kappa shape index (κ2) is 11.0. The van der Waals surface area contributed by atoms with E-state index in [2.05, 4.69) is 5.32 Å². The molecule has 0 aliphatic rings. The number of anilines is 1. The van der Waals surface area contributed by atoms with Crippen LogP contribution in [0.3, 0.4) is 0 Å². The first kappa shape index (κ1) is 26.4. The van der Waals surface area contributed by atoms with Gasteiger partial charge in [0.15, 0.2) is 0 Å². The van der Waals surface area contributed by atoms with Crippen LogP contribution in [0.15, 0.2) is 82.6 Å². The van der Waals surface area contributed by atoms with Crippen molar-refractivity contribution in [1.29, 1.82) is 0 Å². The Bertz CT molecular complexity index is 1390. The molecule has 0 saturated carbocycles. The summed E-state index contributed by atoms with van der Waals surface area (Å²) in [7, 11) is -6.59. The molecule has 11 heteroatoms. The zero-order valence-corrected chi connectivity index (χ0v) is 21.0. The van der Waals surface area contributed by atoms with Crippen LogP contribution in [0.5, 0.6) is 5.75 Å². The molecule has 186 valence electrons. The maximum absolute atomic E-state index is 13.6. The maximum Gasteiger partial charge on any atom is 0.247 e. The van der Waals surface area contributed by atoms with Crippen molar-refractivity contribution in [3.05, 3.63) is 83.9 Å². The molecule has 9 nitrogen and oxygen atoms in total. The molecule has 0 bridgehead atoms. The summed E-state index contributed by atoms with van der Waals surface area (Å²) in [5.74, 6) is -0.407. The van der Waals surface area contributed by atoms with Crippen LogP contribution < -0.4 is 15.2 Å². The monoisotopic (exact) mass is 517 g/mol. The number of primary sulfonamides is 1. The Kier molecular flexibility index (Phi) is 8.28. The molecule has 3 aromatic carbocycles. The van der Waals surface area contributed by atoms with E-state index in [0.29, 0.717) is 12.1 Å². The third kappa shape index (κ3) is 6.89. The summed E-state index contributed by atoms with van der Waals surface area (Å²) in [6.07, 6.45) is 0.393. The van der Waals surface area contributed by atoms with Crippen molar-refractivity contribution in [3.8, 4) is 5.75 Å². The standard InChI is InChI=1S/C24H27N3O6S2/c1-18-8-13-22(33-2)23(16-18)35(31,32)27(15-14-19-6-4-3-5-7-19)17-24(28)26-20-9-11-21(12-10-20)34(25,29)30/h3-13,16H,14-15,17H2,1-2H3,(H,26,28)(H2,25,29,30). The lowest BCUT2D eigenvalue weighted by Gasteiger charge is -2.23. The fraction of sp³-hybridized carbons (Fsp3) is 0.208. The number of ether oxygens (including phenoxy) is 1. The average molecular weight is 518 g/mol. The Labute approximate surface area is 205 Å². The molecular weight excluding hydrogens is 490 g/mol. The molecule has 0 aromatic heterocycles. The van der Waals surface area contributed by atoms with Gasteiger partial charge < -0.3 is 10.1 Å². The fourth-order valence-electron chi connectivity index (χ4n) is 3.40. The number of nitrogens with zero attached hydrogens (tertiary/aromatic N) is 1. The number of carbonyl (C=O) groups excluding carboxylic acids is 1. The maximum atomic E-state index is 13.6. The highest BCUT2D eigenvalue weighted by Crippen LogP contribution is 2.28. The Balaban J connectivity index is 1.86. The van der Waals surface area contributed by atoms with Gasteiger partial charge >= 0.3 is 0 Å². The highest BCUT2D eigenvalue weighted by molar-refractivity contribution is 7.89. The van der Waals surface area contributed by atoms with E-state index in [-0.39, 0.29) is 22.1 Å². The van der Waals surface area contributed by atoms with Crippen LogP contribution in [0.1, 0.15) is 11.1 Å². The van der Waals surface area contributed by atoms with E-state index >= 15 is 0 Å². The minimum absolute atomic E-state index is 0.0293. The Morgan fingerprint density at radius 3 is 2.23 bits per heavy atom. The molecule has 0 saturated heterocycles. The summed E-state index contributed by atoms with van der Waals surface area (Å²) in [4.78, 5) is 12.7. The van der Waals surface area contributed by atoms with Gasteiger partial charge in [-0.2, -0.15) is 4.31 Å². The van der Waals surface area contributed by atoms with E-state index in [9.17, 15) is 21.6 Å². The second-order valence-corrected chi connectivity index (χ2v) is 11.3. The van der Waals surface area contributed by atoms with Gasteiger partial charge in [-0.3, -0.25) is 4.79 Å². The van der Waals surface area contributed by atoms with E-state index in [1.54, 1.807) is 19.1 Å². The predicted octanol–water partition coefficient (Wildman–Crippen LogP) is 2.52. The number of nitrogens with one attached hydrogen (secondary N) is 1. The molecule has 0 unspecified atom stereocenters. The number of hydrogen-bond acceptors (Lipinski definition) is 6. The van der Waals surface area contributed by atoms with Crippen molar-refractivity contribution < 1.29 is 26.4 Å². The molecule has 0 atom stereocenters. The van der Waals surface area contributed by atoms with Gasteiger partial charge in [0.25, 0.3) is 0 Å². The van der Waals surface area contributed by atoms with Crippen LogP contribution in [0.2, 0.25) is 0 Å². The van der Waals surface area contributed by atoms with E-state index in [4.69, 9.17) is 9.88 Å². The second-order valence-electron chi connectivity index (χ2n) is 7.85. The number of sulfonamides is 2. The summed E-state index contributed by atoms with van der Waals surface area (Å²) < 4.78 is 56.5. The van der Waals surface area contributed by atoms with Gasteiger partial charge in [-0.25, -0.2) is 22.0 Å². The van der Waals surface area contributed by atoms with Crippen molar-refractivity contribution in [3.63, 3.8) is 0 Å². The van der Waals surface area contributed by atoms with Crippen LogP contribution in [-0.2, 0) is 31.3 Å². The largest absolute Gasteiger partial charge is 0.495 e. The van der Waals surface area contributed by atoms with Crippen molar-refractivity contribution >= 4 is 31.6 Å². The molecule has 0 radical (unpaired) electrons. The molecule has 0 aliphatic carbocycles. The number of carbonyl (C=O) groups is 1. The summed E-state index contributed by atoms with van der Waals surface area (Å²) >= 11 is 0. The van der Waals surface area contributed by atoms with Gasteiger partial charge in [0.2, 0.25) is 26.0 Å². The first-order valence-electron chi connectivity index (χ1n) is 10.6. The van der Waals surface area contributed by atoms with E-state index < -0.39 is 32.5 Å². The minimum Gasteiger partial charge on any atom is -0.495 e. The Morgan fingerprint density at radius 2 is 1.63 bits per heavy atom. The quantitative estimate of drug-likeness (QED) is 0.424. The van der Waals surface area contributed by atoms with Gasteiger partial charge in [-0.1, -0.05) is 36.4 Å². The molecule has 35 heavy (non-hydrogen) atoms. The number of hydrogen-bond donors (Lipinski definition) is 2. The van der Waals surface area contributed by atoms with Crippen LogP contribution in [0.25, 0.3) is 0 Å². The molecule has 3 rings (SSSR count). The van der Waals surface area contributed by atoms with Gasteiger partial charge in [-0.05, 0) is 60.9 Å². The third-order valence-corrected chi connectivity index (χ3v) is 8.01. The number of nitrogens with two attached hydrogens (primary N) is 1. The molecule has 0 spiro atoms. The first-order valence-corrected chi connectivity index (χ1v) is 13.6. The Hall–Kier alpha value is -3.25. The molecular formula is C24H27N3O6S2. The summed E-state index contributed by atoms with van der Waals surface area (Å²) in [5.41, 5.74) is 1.95. The number of aryl methyl sites for hydroxylation is 1. The van der Waals surface area contributed by atoms with Crippen molar-refractivity contribution in [2.24, 2.45) is 5.14 Å². The van der Waals surface area contributed by atoms with E-state index in [1.807, 2.05) is 30.3 Å². The average Bonchev–Trinajstić information content (AvgIpc) is 2.82. The lowest BCUT2D eigenvalue weighted by molar-refractivity contribution is -0.116. The van der Waals surface area contributed by atoms with Crippen molar-refractivity contribution in [2.45, 2.75) is 23.1 Å². The zero-order chi connectivity index (χ0) is 25.6. The number of amides is 1. The SMILES string of the molecule is COc1ccc(C)cc1S(=O)(=O)N(CCc1ccccc1)CC(=O)Nc1ccc(S(N)(=O)=O)cc1. The smallest absolute Gasteiger partial charge is 0.247 e. The zero-order valence-electron chi connectivity index (χ0n) is 19.3. The first-order chi connectivity index (χ1) is 16.5. The van der Waals surface area contributed by atoms with Crippen LogP contribution in [-0.4, -0.2) is 47.2 Å². The lowest BCUT2D eigenvalue weighted by Crippen LogP contribution is -2.39. The van der Waals surface area contributed by atoms with E-state index in [0.717, 1.165) is 15.4 Å². The van der Waals surface area contributed by atoms with Gasteiger partial charge in [-0.15, -0.1) is 0 Å². The molecule has 0 fully saturated rings. The fourth-order valence-corrected chi connectivity index (χ4v) is 5.55. The van der Waals surface area contributed by atoms with Crippen LogP contribution in [0.4, 0.5) is 5.69 Å². The normalized spacial score (nSPS) is 11.9. The minimum atomic E-state index is -4.10. The van der Waals surface area contributed by atoms with Gasteiger partial charge in [0, 0.05) is 12.2 Å². The predicted molar refractivity (Wildman–Crippen MR) is 133 cm³/mol. The molecule has 3 N–H and O–H groups in total. The third-order valence-electron chi connectivity index (χ3n) is 5.22. The summed E-state index contributed by atoms with van der Waals surface area (Å²) in [5, 5.41) is 7.69. The molecule has 3 aromatic rings. The number of rotatable bonds is 10.